The first kappa shape index (κ1) is 21.6. The van der Waals surface area contributed by atoms with Crippen molar-refractivity contribution in [1.82, 2.24) is 0 Å². The highest BCUT2D eigenvalue weighted by Gasteiger charge is 2.45. The third kappa shape index (κ3) is 6.21. The lowest BCUT2D eigenvalue weighted by Crippen LogP contribution is -2.60. The molecule has 1 aliphatic heterocycles. The summed E-state index contributed by atoms with van der Waals surface area (Å²) < 4.78 is 23.1. The quantitative estimate of drug-likeness (QED) is 0.597. The molecule has 2 aromatic carbocycles. The van der Waals surface area contributed by atoms with Gasteiger partial charge in [-0.3, -0.25) is 0 Å². The van der Waals surface area contributed by atoms with E-state index in [1.807, 2.05) is 60.7 Å². The Morgan fingerprint density at radius 2 is 1.48 bits per heavy atom. The monoisotopic (exact) mass is 400 g/mol. The van der Waals surface area contributed by atoms with Crippen LogP contribution in [0.1, 0.15) is 11.1 Å². The van der Waals surface area contributed by atoms with Crippen LogP contribution in [-0.4, -0.2) is 54.1 Å². The molecule has 2 aromatic rings. The lowest BCUT2D eigenvalue weighted by Gasteiger charge is -2.42. The summed E-state index contributed by atoms with van der Waals surface area (Å²) in [6, 6.07) is 19.3. The molecule has 5 atom stereocenters. The van der Waals surface area contributed by atoms with Crippen LogP contribution in [0, 0.1) is 0 Å². The van der Waals surface area contributed by atoms with Gasteiger partial charge in [-0.15, -0.1) is 6.58 Å². The van der Waals surface area contributed by atoms with Crippen LogP contribution in [0.3, 0.4) is 0 Å². The van der Waals surface area contributed by atoms with Gasteiger partial charge in [-0.25, -0.2) is 0 Å². The Labute approximate surface area is 171 Å². The maximum atomic E-state index is 10.7. The molecule has 1 heterocycles. The van der Waals surface area contributed by atoms with E-state index in [4.69, 9.17) is 18.9 Å². The van der Waals surface area contributed by atoms with Gasteiger partial charge in [0.1, 0.15) is 24.4 Å². The molecule has 0 bridgehead atoms. The van der Waals surface area contributed by atoms with Gasteiger partial charge in [-0.1, -0.05) is 66.7 Å². The minimum atomic E-state index is -1.17. The van der Waals surface area contributed by atoms with Gasteiger partial charge in [0.05, 0.1) is 26.4 Å². The van der Waals surface area contributed by atoms with Crippen LogP contribution in [0.25, 0.3) is 0 Å². The van der Waals surface area contributed by atoms with Crippen LogP contribution >= 0.6 is 0 Å². The normalized spacial score (nSPS) is 26.9. The predicted octanol–water partition coefficient (Wildman–Crippen LogP) is 2.44. The van der Waals surface area contributed by atoms with Gasteiger partial charge >= 0.3 is 0 Å². The fourth-order valence-electron chi connectivity index (χ4n) is 3.15. The summed E-state index contributed by atoms with van der Waals surface area (Å²) in [7, 11) is 0. The van der Waals surface area contributed by atoms with E-state index in [1.54, 1.807) is 6.08 Å². The van der Waals surface area contributed by atoms with Crippen molar-refractivity contribution in [3.8, 4) is 0 Å². The lowest BCUT2D eigenvalue weighted by atomic mass is 9.99. The van der Waals surface area contributed by atoms with Gasteiger partial charge < -0.3 is 29.2 Å². The van der Waals surface area contributed by atoms with Gasteiger partial charge in [-0.2, -0.15) is 0 Å². The molecule has 6 heteroatoms. The molecule has 6 nitrogen and oxygen atoms in total. The second-order valence-electron chi connectivity index (χ2n) is 6.91. The molecule has 2 N–H and O–H groups in total. The van der Waals surface area contributed by atoms with Crippen molar-refractivity contribution in [1.29, 1.82) is 0 Å². The molecule has 0 saturated carbocycles. The van der Waals surface area contributed by atoms with Crippen molar-refractivity contribution in [3.05, 3.63) is 84.4 Å². The van der Waals surface area contributed by atoms with E-state index in [0.29, 0.717) is 6.61 Å². The van der Waals surface area contributed by atoms with Crippen LogP contribution in [0.15, 0.2) is 73.3 Å². The van der Waals surface area contributed by atoms with Crippen molar-refractivity contribution >= 4 is 0 Å². The van der Waals surface area contributed by atoms with Gasteiger partial charge in [0.15, 0.2) is 6.29 Å². The Balaban J connectivity index is 1.59. The summed E-state index contributed by atoms with van der Waals surface area (Å²) in [6.07, 6.45) is -3.16. The zero-order valence-corrected chi connectivity index (χ0v) is 16.3. The van der Waals surface area contributed by atoms with E-state index in [1.165, 1.54) is 0 Å². The predicted molar refractivity (Wildman–Crippen MR) is 108 cm³/mol. The van der Waals surface area contributed by atoms with E-state index in [0.717, 1.165) is 11.1 Å². The van der Waals surface area contributed by atoms with Crippen molar-refractivity contribution in [2.75, 3.05) is 13.2 Å². The molecule has 0 unspecified atom stereocenters. The molecule has 156 valence electrons. The van der Waals surface area contributed by atoms with Crippen LogP contribution < -0.4 is 0 Å². The van der Waals surface area contributed by atoms with Gasteiger partial charge in [0, 0.05) is 0 Å². The molecular formula is C23H28O6. The Hall–Kier alpha value is -2.06. The highest BCUT2D eigenvalue weighted by Crippen LogP contribution is 2.26. The van der Waals surface area contributed by atoms with Crippen LogP contribution in [0.4, 0.5) is 0 Å². The van der Waals surface area contributed by atoms with Crippen molar-refractivity contribution < 1.29 is 29.2 Å². The lowest BCUT2D eigenvalue weighted by molar-refractivity contribution is -0.311. The Bertz CT molecular complexity index is 721. The Morgan fingerprint density at radius 3 is 2.10 bits per heavy atom. The van der Waals surface area contributed by atoms with E-state index in [2.05, 4.69) is 6.58 Å². The van der Waals surface area contributed by atoms with Crippen molar-refractivity contribution in [2.45, 2.75) is 43.9 Å². The minimum Gasteiger partial charge on any atom is -0.387 e. The molecule has 1 saturated heterocycles. The van der Waals surface area contributed by atoms with Crippen LogP contribution in [0.2, 0.25) is 0 Å². The molecule has 3 rings (SSSR count). The van der Waals surface area contributed by atoms with Gasteiger partial charge in [-0.05, 0) is 11.1 Å². The third-order valence-electron chi connectivity index (χ3n) is 4.70. The third-order valence-corrected chi connectivity index (χ3v) is 4.70. The van der Waals surface area contributed by atoms with E-state index < -0.39 is 30.7 Å². The van der Waals surface area contributed by atoms with Crippen LogP contribution in [-0.2, 0) is 32.2 Å². The molecule has 29 heavy (non-hydrogen) atoms. The Morgan fingerprint density at radius 1 is 0.862 bits per heavy atom. The number of aliphatic hydroxyl groups is 2. The zero-order valence-electron chi connectivity index (χ0n) is 16.3. The van der Waals surface area contributed by atoms with E-state index in [-0.39, 0.29) is 19.8 Å². The number of rotatable bonds is 10. The molecular weight excluding hydrogens is 372 g/mol. The highest BCUT2D eigenvalue weighted by atomic mass is 16.7. The maximum absolute atomic E-state index is 10.7. The molecule has 1 fully saturated rings. The first-order chi connectivity index (χ1) is 14.2. The van der Waals surface area contributed by atoms with Crippen molar-refractivity contribution in [2.24, 2.45) is 0 Å². The highest BCUT2D eigenvalue weighted by molar-refractivity contribution is 5.14. The first-order valence-corrected chi connectivity index (χ1v) is 9.70. The minimum absolute atomic E-state index is 0.118. The topological polar surface area (TPSA) is 77.4 Å². The molecule has 0 aliphatic carbocycles. The Kier molecular flexibility index (Phi) is 8.37. The number of hydrogen-bond donors (Lipinski definition) is 2. The molecule has 0 aromatic heterocycles. The number of hydrogen-bond acceptors (Lipinski definition) is 6. The average Bonchev–Trinajstić information content (AvgIpc) is 2.76. The zero-order chi connectivity index (χ0) is 20.5. The first-order valence-electron chi connectivity index (χ1n) is 9.70. The largest absolute Gasteiger partial charge is 0.387 e. The fraction of sp³-hybridized carbons (Fsp3) is 0.391. The number of aliphatic hydroxyl groups excluding tert-OH is 2. The standard InChI is InChI=1S/C23H28O6/c1-2-13-27-23-22(28-15-18-11-7-4-8-12-18)21(25)20(24)19(29-23)16-26-14-17-9-5-3-6-10-17/h2-12,19-25H,1,13-16H2/t19-,20+,21+,22-,23+/m1/s1. The van der Waals surface area contributed by atoms with Crippen molar-refractivity contribution in [3.63, 3.8) is 0 Å². The smallest absolute Gasteiger partial charge is 0.187 e. The van der Waals surface area contributed by atoms with E-state index in [9.17, 15) is 10.2 Å². The number of benzene rings is 2. The van der Waals surface area contributed by atoms with Crippen LogP contribution in [0.5, 0.6) is 0 Å². The van der Waals surface area contributed by atoms with E-state index >= 15 is 0 Å². The average molecular weight is 400 g/mol. The summed E-state index contributed by atoms with van der Waals surface area (Å²) >= 11 is 0. The summed E-state index contributed by atoms with van der Waals surface area (Å²) in [5, 5.41) is 21.2. The SMILES string of the molecule is C=CCO[C@H]1O[C@H](COCc2ccccc2)[C@H](O)[C@H](O)[C@H]1OCc1ccccc1. The second-order valence-corrected chi connectivity index (χ2v) is 6.91. The van der Waals surface area contributed by atoms with Gasteiger partial charge in [0.2, 0.25) is 0 Å². The molecule has 0 radical (unpaired) electrons. The maximum Gasteiger partial charge on any atom is 0.187 e. The molecule has 1 aliphatic rings. The summed E-state index contributed by atoms with van der Waals surface area (Å²) in [5.74, 6) is 0. The fourth-order valence-corrected chi connectivity index (χ4v) is 3.15. The molecule has 0 spiro atoms. The van der Waals surface area contributed by atoms with Gasteiger partial charge in [0.25, 0.3) is 0 Å². The summed E-state index contributed by atoms with van der Waals surface area (Å²) in [4.78, 5) is 0. The number of ether oxygens (including phenoxy) is 4. The molecule has 0 amide bonds. The summed E-state index contributed by atoms with van der Waals surface area (Å²) in [5.41, 5.74) is 1.96. The second kappa shape index (κ2) is 11.2. The summed E-state index contributed by atoms with van der Waals surface area (Å²) in [6.45, 7) is 4.64.